The fourth-order valence-corrected chi connectivity index (χ4v) is 1.41. The van der Waals surface area contributed by atoms with E-state index in [0.29, 0.717) is 0 Å². The van der Waals surface area contributed by atoms with Gasteiger partial charge in [-0.15, -0.1) is 0 Å². The summed E-state index contributed by atoms with van der Waals surface area (Å²) in [4.78, 5) is 2.26. The molecule has 0 amide bonds. The van der Waals surface area contributed by atoms with Gasteiger partial charge in [0.1, 0.15) is 0 Å². The molecule has 0 N–H and O–H groups in total. The monoisotopic (exact) mass is 151 g/mol. The number of hydrogen-bond donors (Lipinski definition) is 0. The Morgan fingerprint density at radius 1 is 1.45 bits per heavy atom. The first kappa shape index (κ1) is 8.54. The largest absolute Gasteiger partial charge is 0.300 e. The topological polar surface area (TPSA) is 3.24 Å². The van der Waals surface area contributed by atoms with Gasteiger partial charge in [-0.05, 0) is 34.4 Å². The predicted molar refractivity (Wildman–Crippen MR) is 49.6 cm³/mol. The minimum Gasteiger partial charge on any atom is -0.300 e. The van der Waals surface area contributed by atoms with E-state index < -0.39 is 0 Å². The van der Waals surface area contributed by atoms with Gasteiger partial charge in [0, 0.05) is 5.54 Å². The minimum atomic E-state index is 0.235. The first-order chi connectivity index (χ1) is 5.04. The summed E-state index contributed by atoms with van der Waals surface area (Å²) in [5.74, 6) is 0. The Bertz CT molecular complexity index is 201. The van der Waals surface area contributed by atoms with Gasteiger partial charge in [-0.25, -0.2) is 0 Å². The third-order valence-electron chi connectivity index (χ3n) is 2.49. The molecule has 1 nitrogen and oxygen atoms in total. The highest BCUT2D eigenvalue weighted by Crippen LogP contribution is 2.26. The molecule has 0 bridgehead atoms. The van der Waals surface area contributed by atoms with Crippen LogP contribution in [-0.4, -0.2) is 24.5 Å². The first-order valence-corrected chi connectivity index (χ1v) is 4.07. The van der Waals surface area contributed by atoms with Gasteiger partial charge in [-0.2, -0.15) is 0 Å². The van der Waals surface area contributed by atoms with Gasteiger partial charge in [0.15, 0.2) is 0 Å². The van der Waals surface area contributed by atoms with Crippen LogP contribution >= 0.6 is 0 Å². The lowest BCUT2D eigenvalue weighted by Gasteiger charge is -2.35. The molecule has 62 valence electrons. The van der Waals surface area contributed by atoms with Crippen molar-refractivity contribution in [2.24, 2.45) is 0 Å². The van der Waals surface area contributed by atoms with E-state index in [9.17, 15) is 0 Å². The third kappa shape index (κ3) is 1.72. The van der Waals surface area contributed by atoms with E-state index in [2.05, 4.69) is 51.1 Å². The minimum absolute atomic E-state index is 0.235. The highest BCUT2D eigenvalue weighted by molar-refractivity contribution is 5.24. The zero-order chi connectivity index (χ0) is 8.48. The predicted octanol–water partition coefficient (Wildman–Crippen LogP) is 2.21. The standard InChI is InChI=1S/C10H17N/c1-9-6-5-7-10(2,8-9)11(3)4/h5-7H,8H2,1-4H3. The summed E-state index contributed by atoms with van der Waals surface area (Å²) in [6, 6.07) is 0. The van der Waals surface area contributed by atoms with Crippen LogP contribution in [0.3, 0.4) is 0 Å². The fraction of sp³-hybridized carbons (Fsp3) is 0.600. The number of likely N-dealkylation sites (N-methyl/N-ethyl adjacent to an activating group) is 1. The SMILES string of the molecule is CC1=CC=CC(C)(N(C)C)C1. The summed E-state index contributed by atoms with van der Waals surface area (Å²) in [6.45, 7) is 4.45. The van der Waals surface area contributed by atoms with Crippen molar-refractivity contribution < 1.29 is 0 Å². The van der Waals surface area contributed by atoms with E-state index in [0.717, 1.165) is 6.42 Å². The van der Waals surface area contributed by atoms with Crippen molar-refractivity contribution in [3.63, 3.8) is 0 Å². The second kappa shape index (κ2) is 2.82. The molecule has 0 saturated heterocycles. The Morgan fingerprint density at radius 3 is 2.45 bits per heavy atom. The quantitative estimate of drug-likeness (QED) is 0.555. The van der Waals surface area contributed by atoms with Gasteiger partial charge in [0.05, 0.1) is 0 Å². The third-order valence-corrected chi connectivity index (χ3v) is 2.49. The summed E-state index contributed by atoms with van der Waals surface area (Å²) in [7, 11) is 4.26. The van der Waals surface area contributed by atoms with E-state index >= 15 is 0 Å². The zero-order valence-electron chi connectivity index (χ0n) is 7.89. The van der Waals surface area contributed by atoms with E-state index in [-0.39, 0.29) is 5.54 Å². The molecule has 11 heavy (non-hydrogen) atoms. The van der Waals surface area contributed by atoms with Crippen LogP contribution in [0.4, 0.5) is 0 Å². The number of hydrogen-bond acceptors (Lipinski definition) is 1. The fourth-order valence-electron chi connectivity index (χ4n) is 1.41. The van der Waals surface area contributed by atoms with Gasteiger partial charge >= 0.3 is 0 Å². The molecule has 1 atom stereocenters. The summed E-state index contributed by atoms with van der Waals surface area (Å²) >= 11 is 0. The van der Waals surface area contributed by atoms with Gasteiger partial charge in [0.25, 0.3) is 0 Å². The van der Waals surface area contributed by atoms with Gasteiger partial charge in [-0.3, -0.25) is 0 Å². The maximum atomic E-state index is 2.26. The molecule has 0 aromatic heterocycles. The highest BCUT2D eigenvalue weighted by atomic mass is 15.1. The molecule has 1 unspecified atom stereocenters. The highest BCUT2D eigenvalue weighted by Gasteiger charge is 2.24. The molecule has 1 aliphatic carbocycles. The summed E-state index contributed by atoms with van der Waals surface area (Å²) < 4.78 is 0. The molecule has 0 aromatic carbocycles. The van der Waals surface area contributed by atoms with Gasteiger partial charge in [-0.1, -0.05) is 23.8 Å². The van der Waals surface area contributed by atoms with Crippen LogP contribution in [0, 0.1) is 0 Å². The average Bonchev–Trinajstić information content (AvgIpc) is 1.86. The lowest BCUT2D eigenvalue weighted by Crippen LogP contribution is -2.40. The Hall–Kier alpha value is -0.560. The molecular weight excluding hydrogens is 134 g/mol. The summed E-state index contributed by atoms with van der Waals surface area (Å²) in [5.41, 5.74) is 1.70. The average molecular weight is 151 g/mol. The van der Waals surface area contributed by atoms with Crippen LogP contribution in [-0.2, 0) is 0 Å². The summed E-state index contributed by atoms with van der Waals surface area (Å²) in [6.07, 6.45) is 7.75. The molecular formula is C10H17N. The van der Waals surface area contributed by atoms with E-state index in [4.69, 9.17) is 0 Å². The molecule has 0 saturated carbocycles. The maximum Gasteiger partial charge on any atom is 0.0397 e. The second-order valence-electron chi connectivity index (χ2n) is 3.80. The van der Waals surface area contributed by atoms with Crippen molar-refractivity contribution in [2.45, 2.75) is 25.8 Å². The first-order valence-electron chi connectivity index (χ1n) is 4.07. The Balaban J connectivity index is 2.78. The van der Waals surface area contributed by atoms with Crippen LogP contribution < -0.4 is 0 Å². The van der Waals surface area contributed by atoms with Crippen molar-refractivity contribution in [3.8, 4) is 0 Å². The molecule has 0 spiro atoms. The Kier molecular flexibility index (Phi) is 2.19. The normalized spacial score (nSPS) is 30.8. The molecule has 0 aliphatic heterocycles. The Morgan fingerprint density at radius 2 is 2.09 bits per heavy atom. The second-order valence-corrected chi connectivity index (χ2v) is 3.80. The number of rotatable bonds is 1. The molecule has 0 radical (unpaired) electrons. The van der Waals surface area contributed by atoms with Crippen molar-refractivity contribution >= 4 is 0 Å². The number of allylic oxidation sites excluding steroid dienone is 2. The van der Waals surface area contributed by atoms with E-state index in [1.165, 1.54) is 5.57 Å². The van der Waals surface area contributed by atoms with Crippen molar-refractivity contribution in [1.29, 1.82) is 0 Å². The van der Waals surface area contributed by atoms with Crippen LogP contribution in [0.1, 0.15) is 20.3 Å². The summed E-state index contributed by atoms with van der Waals surface area (Å²) in [5, 5.41) is 0. The molecule has 0 heterocycles. The van der Waals surface area contributed by atoms with Crippen LogP contribution in [0.25, 0.3) is 0 Å². The van der Waals surface area contributed by atoms with Crippen molar-refractivity contribution in [3.05, 3.63) is 23.8 Å². The van der Waals surface area contributed by atoms with E-state index in [1.54, 1.807) is 0 Å². The van der Waals surface area contributed by atoms with Gasteiger partial charge in [0.2, 0.25) is 0 Å². The van der Waals surface area contributed by atoms with Crippen molar-refractivity contribution in [2.75, 3.05) is 14.1 Å². The number of nitrogens with zero attached hydrogens (tertiary/aromatic N) is 1. The lowest BCUT2D eigenvalue weighted by atomic mass is 9.88. The maximum absolute atomic E-state index is 2.26. The van der Waals surface area contributed by atoms with Crippen LogP contribution in [0.2, 0.25) is 0 Å². The molecule has 0 aromatic rings. The molecule has 1 rings (SSSR count). The Labute approximate surface area is 69.4 Å². The zero-order valence-corrected chi connectivity index (χ0v) is 7.89. The molecule has 1 heteroatoms. The molecule has 0 fully saturated rings. The van der Waals surface area contributed by atoms with Crippen LogP contribution in [0.15, 0.2) is 23.8 Å². The van der Waals surface area contributed by atoms with Crippen molar-refractivity contribution in [1.82, 2.24) is 4.90 Å². The van der Waals surface area contributed by atoms with Crippen LogP contribution in [0.5, 0.6) is 0 Å². The van der Waals surface area contributed by atoms with Gasteiger partial charge < -0.3 is 4.90 Å². The molecule has 1 aliphatic rings. The smallest absolute Gasteiger partial charge is 0.0397 e. The lowest BCUT2D eigenvalue weighted by molar-refractivity contribution is 0.226. The van der Waals surface area contributed by atoms with E-state index in [1.807, 2.05) is 0 Å².